The van der Waals surface area contributed by atoms with Crippen LogP contribution in [0.5, 0.6) is 0 Å². The Hall–Kier alpha value is -3.06. The predicted octanol–water partition coefficient (Wildman–Crippen LogP) is 4.21. The number of nitrogens with zero attached hydrogens (tertiary/aromatic N) is 2. The van der Waals surface area contributed by atoms with Gasteiger partial charge in [-0.1, -0.05) is 48.5 Å². The lowest BCUT2D eigenvalue weighted by atomic mass is 10.1. The summed E-state index contributed by atoms with van der Waals surface area (Å²) in [5.74, 6) is -0.331. The first-order valence-electron chi connectivity index (χ1n) is 7.59. The van der Waals surface area contributed by atoms with Crippen LogP contribution in [0, 0.1) is 17.0 Å². The van der Waals surface area contributed by atoms with E-state index in [1.54, 1.807) is 18.2 Å². The molecule has 0 unspecified atom stereocenters. The molecule has 126 valence electrons. The highest BCUT2D eigenvalue weighted by molar-refractivity contribution is 7.16. The first-order valence-corrected chi connectivity index (χ1v) is 8.41. The van der Waals surface area contributed by atoms with Gasteiger partial charge < -0.3 is 5.32 Å². The van der Waals surface area contributed by atoms with Crippen LogP contribution in [-0.4, -0.2) is 15.8 Å². The molecule has 0 bridgehead atoms. The zero-order valence-corrected chi connectivity index (χ0v) is 14.2. The number of nitro groups is 1. The first-order chi connectivity index (χ1) is 12.0. The number of benzene rings is 2. The molecule has 25 heavy (non-hydrogen) atoms. The van der Waals surface area contributed by atoms with E-state index in [9.17, 15) is 14.9 Å². The summed E-state index contributed by atoms with van der Waals surface area (Å²) in [6, 6.07) is 15.9. The number of nitrogens with one attached hydrogen (secondary N) is 1. The molecular weight excluding hydrogens is 338 g/mol. The van der Waals surface area contributed by atoms with Crippen LogP contribution in [-0.2, 0) is 11.2 Å². The summed E-state index contributed by atoms with van der Waals surface area (Å²) in [4.78, 5) is 28.3. The number of hydrogen-bond donors (Lipinski definition) is 1. The Morgan fingerprint density at radius 1 is 1.16 bits per heavy atom. The number of carbonyl (C=O) groups excluding carboxylic acids is 1. The second kappa shape index (κ2) is 7.23. The van der Waals surface area contributed by atoms with Crippen molar-refractivity contribution in [2.45, 2.75) is 13.3 Å². The van der Waals surface area contributed by atoms with Crippen LogP contribution in [0.3, 0.4) is 0 Å². The van der Waals surface area contributed by atoms with E-state index in [2.05, 4.69) is 10.3 Å². The maximum atomic E-state index is 12.2. The monoisotopic (exact) mass is 353 g/mol. The lowest BCUT2D eigenvalue weighted by Gasteiger charge is -2.03. The van der Waals surface area contributed by atoms with E-state index in [0.29, 0.717) is 10.7 Å². The molecule has 0 saturated carbocycles. The van der Waals surface area contributed by atoms with E-state index in [0.717, 1.165) is 16.1 Å². The Kier molecular flexibility index (Phi) is 4.85. The molecule has 6 nitrogen and oxygen atoms in total. The molecule has 3 aromatic rings. The van der Waals surface area contributed by atoms with Crippen molar-refractivity contribution in [3.63, 3.8) is 0 Å². The molecule has 0 saturated heterocycles. The highest BCUT2D eigenvalue weighted by Crippen LogP contribution is 2.30. The summed E-state index contributed by atoms with van der Waals surface area (Å²) in [6.07, 6.45) is -0.0730. The van der Waals surface area contributed by atoms with Crippen molar-refractivity contribution < 1.29 is 9.72 Å². The SMILES string of the molecule is Cc1sc(NC(=O)Cc2ccccc2[N+](=O)[O-])nc1-c1ccccc1. The average Bonchev–Trinajstić information content (AvgIpc) is 2.96. The molecule has 0 aliphatic rings. The van der Waals surface area contributed by atoms with E-state index < -0.39 is 4.92 Å². The number of amides is 1. The third kappa shape index (κ3) is 3.89. The van der Waals surface area contributed by atoms with Crippen molar-refractivity contribution in [1.29, 1.82) is 0 Å². The molecule has 0 aliphatic heterocycles. The Morgan fingerprint density at radius 3 is 2.56 bits per heavy atom. The zero-order chi connectivity index (χ0) is 17.8. The lowest BCUT2D eigenvalue weighted by Crippen LogP contribution is -2.15. The number of nitro benzene ring substituents is 1. The van der Waals surface area contributed by atoms with Gasteiger partial charge in [0.15, 0.2) is 5.13 Å². The second-order valence-corrected chi connectivity index (χ2v) is 6.60. The fourth-order valence-corrected chi connectivity index (χ4v) is 3.34. The van der Waals surface area contributed by atoms with Gasteiger partial charge >= 0.3 is 0 Å². The molecule has 0 spiro atoms. The van der Waals surface area contributed by atoms with Crippen LogP contribution in [0.25, 0.3) is 11.3 Å². The molecule has 1 N–H and O–H groups in total. The van der Waals surface area contributed by atoms with Gasteiger partial charge in [-0.15, -0.1) is 11.3 Å². The second-order valence-electron chi connectivity index (χ2n) is 5.40. The van der Waals surface area contributed by atoms with Gasteiger partial charge in [0, 0.05) is 22.1 Å². The van der Waals surface area contributed by atoms with E-state index in [-0.39, 0.29) is 18.0 Å². The van der Waals surface area contributed by atoms with Crippen molar-refractivity contribution >= 4 is 28.1 Å². The Balaban J connectivity index is 1.75. The molecule has 1 amide bonds. The van der Waals surface area contributed by atoms with E-state index in [1.165, 1.54) is 17.4 Å². The van der Waals surface area contributed by atoms with Gasteiger partial charge in [-0.3, -0.25) is 14.9 Å². The van der Waals surface area contributed by atoms with Crippen molar-refractivity contribution in [2.75, 3.05) is 5.32 Å². The van der Waals surface area contributed by atoms with Crippen molar-refractivity contribution in [2.24, 2.45) is 0 Å². The number of carbonyl (C=O) groups is 1. The first kappa shape index (κ1) is 16.8. The number of aromatic nitrogens is 1. The number of hydrogen-bond acceptors (Lipinski definition) is 5. The van der Waals surface area contributed by atoms with Gasteiger partial charge in [-0.2, -0.15) is 0 Å². The molecule has 7 heteroatoms. The topological polar surface area (TPSA) is 85.1 Å². The predicted molar refractivity (Wildman–Crippen MR) is 97.7 cm³/mol. The van der Waals surface area contributed by atoms with Gasteiger partial charge in [0.2, 0.25) is 5.91 Å². The van der Waals surface area contributed by atoms with Crippen LogP contribution in [0.4, 0.5) is 10.8 Å². The summed E-state index contributed by atoms with van der Waals surface area (Å²) >= 11 is 1.38. The lowest BCUT2D eigenvalue weighted by molar-refractivity contribution is -0.385. The Labute approximate surface area is 148 Å². The van der Waals surface area contributed by atoms with Crippen LogP contribution in [0.15, 0.2) is 54.6 Å². The summed E-state index contributed by atoms with van der Waals surface area (Å²) in [6.45, 7) is 1.94. The smallest absolute Gasteiger partial charge is 0.273 e. The minimum Gasteiger partial charge on any atom is -0.302 e. The maximum Gasteiger partial charge on any atom is 0.273 e. The number of thiazole rings is 1. The van der Waals surface area contributed by atoms with Crippen molar-refractivity contribution in [3.8, 4) is 11.3 Å². The molecule has 0 atom stereocenters. The molecule has 0 fully saturated rings. The minimum atomic E-state index is -0.482. The summed E-state index contributed by atoms with van der Waals surface area (Å²) in [7, 11) is 0. The number of anilines is 1. The minimum absolute atomic E-state index is 0.0575. The van der Waals surface area contributed by atoms with E-state index in [1.807, 2.05) is 37.3 Å². The van der Waals surface area contributed by atoms with Crippen LogP contribution in [0.1, 0.15) is 10.4 Å². The normalized spacial score (nSPS) is 10.4. The Bertz CT molecular complexity index is 922. The summed E-state index contributed by atoms with van der Waals surface area (Å²) < 4.78 is 0. The number of rotatable bonds is 5. The van der Waals surface area contributed by atoms with Crippen LogP contribution >= 0.6 is 11.3 Å². The summed E-state index contributed by atoms with van der Waals surface area (Å²) in [5.41, 5.74) is 2.13. The molecule has 0 aliphatic carbocycles. The molecule has 1 heterocycles. The van der Waals surface area contributed by atoms with Gasteiger partial charge in [0.25, 0.3) is 5.69 Å². The fraction of sp³-hybridized carbons (Fsp3) is 0.111. The average molecular weight is 353 g/mol. The van der Waals surface area contributed by atoms with Gasteiger partial charge in [-0.25, -0.2) is 4.98 Å². The Morgan fingerprint density at radius 2 is 1.84 bits per heavy atom. The maximum absolute atomic E-state index is 12.2. The van der Waals surface area contributed by atoms with Crippen molar-refractivity contribution in [3.05, 3.63) is 75.2 Å². The summed E-state index contributed by atoms with van der Waals surface area (Å²) in [5, 5.41) is 14.2. The zero-order valence-electron chi connectivity index (χ0n) is 13.4. The molecule has 0 radical (unpaired) electrons. The standard InChI is InChI=1S/C18H15N3O3S/c1-12-17(13-7-3-2-4-8-13)20-18(25-12)19-16(22)11-14-9-5-6-10-15(14)21(23)24/h2-10H,11H2,1H3,(H,19,20,22). The highest BCUT2D eigenvalue weighted by Gasteiger charge is 2.17. The highest BCUT2D eigenvalue weighted by atomic mass is 32.1. The number of aryl methyl sites for hydroxylation is 1. The van der Waals surface area contributed by atoms with E-state index >= 15 is 0 Å². The van der Waals surface area contributed by atoms with E-state index in [4.69, 9.17) is 0 Å². The van der Waals surface area contributed by atoms with Crippen molar-refractivity contribution in [1.82, 2.24) is 4.98 Å². The third-order valence-corrected chi connectivity index (χ3v) is 4.52. The molecule has 2 aromatic carbocycles. The van der Waals surface area contributed by atoms with Gasteiger partial charge in [0.05, 0.1) is 17.0 Å². The molecule has 3 rings (SSSR count). The largest absolute Gasteiger partial charge is 0.302 e. The fourth-order valence-electron chi connectivity index (χ4n) is 2.49. The van der Waals surface area contributed by atoms with Gasteiger partial charge in [-0.05, 0) is 6.92 Å². The third-order valence-electron chi connectivity index (χ3n) is 3.63. The van der Waals surface area contributed by atoms with Crippen LogP contribution in [0.2, 0.25) is 0 Å². The molecular formula is C18H15N3O3S. The number of para-hydroxylation sites is 1. The van der Waals surface area contributed by atoms with Gasteiger partial charge in [0.1, 0.15) is 0 Å². The van der Waals surface area contributed by atoms with Crippen LogP contribution < -0.4 is 5.32 Å². The molecule has 1 aromatic heterocycles. The quantitative estimate of drug-likeness (QED) is 0.550.